The van der Waals surface area contributed by atoms with Gasteiger partial charge in [-0.25, -0.2) is 4.79 Å². The number of para-hydroxylation sites is 1. The zero-order valence-electron chi connectivity index (χ0n) is 19.4. The van der Waals surface area contributed by atoms with Crippen LogP contribution in [0, 0.1) is 5.92 Å². The maximum absolute atomic E-state index is 12.8. The second-order valence-corrected chi connectivity index (χ2v) is 8.44. The second kappa shape index (κ2) is 11.5. The van der Waals surface area contributed by atoms with Crippen LogP contribution in [0.15, 0.2) is 48.5 Å². The highest BCUT2D eigenvalue weighted by Gasteiger charge is 2.28. The Morgan fingerprint density at radius 2 is 1.79 bits per heavy atom. The molecule has 33 heavy (non-hydrogen) atoms. The summed E-state index contributed by atoms with van der Waals surface area (Å²) >= 11 is 0. The molecule has 1 aliphatic carbocycles. The Morgan fingerprint density at radius 1 is 1.06 bits per heavy atom. The zero-order valence-corrected chi connectivity index (χ0v) is 19.4. The number of amides is 2. The van der Waals surface area contributed by atoms with Crippen molar-refractivity contribution in [3.05, 3.63) is 65.2 Å². The standard InChI is InChI=1S/C26H32N2O5/c1-4-32-22-15-8-7-13-20(22)25(30)28-24(17(2)3)26(31)33-16-23(29)27-21-14-9-11-18-10-5-6-12-19(18)21/h5-8,10,12-13,15,17,21,24H,4,9,11,14,16H2,1-3H3,(H,27,29)(H,28,30). The van der Waals surface area contributed by atoms with Gasteiger partial charge in [-0.2, -0.15) is 0 Å². The van der Waals surface area contributed by atoms with Gasteiger partial charge < -0.3 is 20.1 Å². The minimum Gasteiger partial charge on any atom is -0.493 e. The zero-order chi connectivity index (χ0) is 23.8. The third kappa shape index (κ3) is 6.34. The monoisotopic (exact) mass is 452 g/mol. The van der Waals surface area contributed by atoms with E-state index in [9.17, 15) is 14.4 Å². The van der Waals surface area contributed by atoms with Crippen molar-refractivity contribution in [2.24, 2.45) is 5.92 Å². The van der Waals surface area contributed by atoms with E-state index >= 15 is 0 Å². The molecule has 3 rings (SSSR count). The third-order valence-corrected chi connectivity index (χ3v) is 5.69. The molecule has 2 aromatic carbocycles. The highest BCUT2D eigenvalue weighted by molar-refractivity contribution is 5.99. The molecule has 0 spiro atoms. The third-order valence-electron chi connectivity index (χ3n) is 5.69. The molecule has 0 aromatic heterocycles. The van der Waals surface area contributed by atoms with Crippen LogP contribution < -0.4 is 15.4 Å². The Hall–Kier alpha value is -3.35. The molecule has 1 aliphatic rings. The second-order valence-electron chi connectivity index (χ2n) is 8.44. The normalized spacial score (nSPS) is 15.8. The summed E-state index contributed by atoms with van der Waals surface area (Å²) in [6, 6.07) is 13.9. The van der Waals surface area contributed by atoms with Crippen LogP contribution in [0.4, 0.5) is 0 Å². The van der Waals surface area contributed by atoms with Crippen molar-refractivity contribution >= 4 is 17.8 Å². The average molecular weight is 453 g/mol. The van der Waals surface area contributed by atoms with Crippen LogP contribution >= 0.6 is 0 Å². The van der Waals surface area contributed by atoms with E-state index in [0.717, 1.165) is 24.8 Å². The number of ether oxygens (including phenoxy) is 2. The number of nitrogens with one attached hydrogen (secondary N) is 2. The summed E-state index contributed by atoms with van der Waals surface area (Å²) < 4.78 is 10.8. The Balaban J connectivity index is 1.57. The molecular weight excluding hydrogens is 420 g/mol. The van der Waals surface area contributed by atoms with Crippen LogP contribution in [-0.4, -0.2) is 37.0 Å². The van der Waals surface area contributed by atoms with Crippen LogP contribution in [0.1, 0.15) is 61.1 Å². The van der Waals surface area contributed by atoms with Gasteiger partial charge in [0.15, 0.2) is 6.61 Å². The summed E-state index contributed by atoms with van der Waals surface area (Å²) in [5.74, 6) is -1.22. The lowest BCUT2D eigenvalue weighted by Gasteiger charge is -2.26. The van der Waals surface area contributed by atoms with Crippen molar-refractivity contribution in [2.75, 3.05) is 13.2 Å². The van der Waals surface area contributed by atoms with Gasteiger partial charge in [0.2, 0.25) is 0 Å². The van der Waals surface area contributed by atoms with Gasteiger partial charge in [0.1, 0.15) is 11.8 Å². The fourth-order valence-electron chi connectivity index (χ4n) is 4.02. The summed E-state index contributed by atoms with van der Waals surface area (Å²) in [6.45, 7) is 5.46. The van der Waals surface area contributed by atoms with Gasteiger partial charge in [-0.05, 0) is 55.4 Å². The molecule has 0 heterocycles. The maximum atomic E-state index is 12.8. The SMILES string of the molecule is CCOc1ccccc1C(=O)NC(C(=O)OCC(=O)NC1CCCc2ccccc21)C(C)C. The highest BCUT2D eigenvalue weighted by atomic mass is 16.5. The van der Waals surface area contributed by atoms with Gasteiger partial charge in [-0.15, -0.1) is 0 Å². The molecule has 0 saturated carbocycles. The first kappa shape index (κ1) is 24.3. The topological polar surface area (TPSA) is 93.7 Å². The molecule has 2 N–H and O–H groups in total. The van der Waals surface area contributed by atoms with E-state index in [1.807, 2.05) is 25.1 Å². The Labute approximate surface area is 194 Å². The molecule has 2 amide bonds. The van der Waals surface area contributed by atoms with Crippen molar-refractivity contribution in [2.45, 2.75) is 52.1 Å². The molecule has 0 saturated heterocycles. The van der Waals surface area contributed by atoms with Crippen molar-refractivity contribution in [1.82, 2.24) is 10.6 Å². The van der Waals surface area contributed by atoms with Gasteiger partial charge in [0.05, 0.1) is 18.2 Å². The molecule has 0 aliphatic heterocycles. The number of aryl methyl sites for hydroxylation is 1. The van der Waals surface area contributed by atoms with E-state index in [0.29, 0.717) is 17.9 Å². The van der Waals surface area contributed by atoms with Crippen LogP contribution in [0.3, 0.4) is 0 Å². The van der Waals surface area contributed by atoms with Gasteiger partial charge in [0, 0.05) is 0 Å². The van der Waals surface area contributed by atoms with Gasteiger partial charge >= 0.3 is 5.97 Å². The summed E-state index contributed by atoms with van der Waals surface area (Å²) in [5.41, 5.74) is 2.69. The summed E-state index contributed by atoms with van der Waals surface area (Å²) in [7, 11) is 0. The summed E-state index contributed by atoms with van der Waals surface area (Å²) in [6.07, 6.45) is 2.84. The fourth-order valence-corrected chi connectivity index (χ4v) is 4.02. The molecule has 7 nitrogen and oxygen atoms in total. The Bertz CT molecular complexity index is 988. The van der Waals surface area contributed by atoms with E-state index in [1.54, 1.807) is 38.1 Å². The summed E-state index contributed by atoms with van der Waals surface area (Å²) in [5, 5.41) is 5.69. The quantitative estimate of drug-likeness (QED) is 0.567. The lowest BCUT2D eigenvalue weighted by atomic mass is 9.88. The molecule has 176 valence electrons. The van der Waals surface area contributed by atoms with Gasteiger partial charge in [-0.3, -0.25) is 9.59 Å². The number of hydrogen-bond donors (Lipinski definition) is 2. The first-order valence-electron chi connectivity index (χ1n) is 11.5. The van der Waals surface area contributed by atoms with E-state index < -0.39 is 24.5 Å². The van der Waals surface area contributed by atoms with Gasteiger partial charge in [0.25, 0.3) is 11.8 Å². The van der Waals surface area contributed by atoms with Crippen molar-refractivity contribution in [3.63, 3.8) is 0 Å². The van der Waals surface area contributed by atoms with Crippen molar-refractivity contribution in [3.8, 4) is 5.75 Å². The Morgan fingerprint density at radius 3 is 2.55 bits per heavy atom. The van der Waals surface area contributed by atoms with E-state index in [2.05, 4.69) is 16.7 Å². The van der Waals surface area contributed by atoms with Gasteiger partial charge in [-0.1, -0.05) is 50.2 Å². The van der Waals surface area contributed by atoms with Crippen molar-refractivity contribution in [1.29, 1.82) is 0 Å². The number of fused-ring (bicyclic) bond motifs is 1. The number of hydrogen-bond acceptors (Lipinski definition) is 5. The number of carbonyl (C=O) groups is 3. The smallest absolute Gasteiger partial charge is 0.329 e. The molecule has 2 atom stereocenters. The first-order valence-corrected chi connectivity index (χ1v) is 11.5. The summed E-state index contributed by atoms with van der Waals surface area (Å²) in [4.78, 5) is 38.0. The molecular formula is C26H32N2O5. The minimum atomic E-state index is -0.893. The van der Waals surface area contributed by atoms with Crippen LogP contribution in [0.25, 0.3) is 0 Å². The minimum absolute atomic E-state index is 0.0863. The molecule has 0 bridgehead atoms. The maximum Gasteiger partial charge on any atom is 0.329 e. The van der Waals surface area contributed by atoms with E-state index in [1.165, 1.54) is 5.56 Å². The first-order chi connectivity index (χ1) is 15.9. The number of carbonyl (C=O) groups excluding carboxylic acids is 3. The molecule has 2 aromatic rings. The van der Waals surface area contributed by atoms with Crippen LogP contribution in [0.2, 0.25) is 0 Å². The number of esters is 1. The van der Waals surface area contributed by atoms with E-state index in [4.69, 9.17) is 9.47 Å². The molecule has 2 unspecified atom stereocenters. The lowest BCUT2D eigenvalue weighted by Crippen LogP contribution is -2.46. The lowest BCUT2D eigenvalue weighted by molar-refractivity contribution is -0.151. The highest BCUT2D eigenvalue weighted by Crippen LogP contribution is 2.29. The Kier molecular flexibility index (Phi) is 8.46. The number of rotatable bonds is 9. The molecule has 0 fully saturated rings. The average Bonchev–Trinajstić information content (AvgIpc) is 2.81. The van der Waals surface area contributed by atoms with Crippen molar-refractivity contribution < 1.29 is 23.9 Å². The fraction of sp³-hybridized carbons (Fsp3) is 0.423. The predicted molar refractivity (Wildman–Crippen MR) is 125 cm³/mol. The largest absolute Gasteiger partial charge is 0.493 e. The number of benzene rings is 2. The van der Waals surface area contributed by atoms with Crippen LogP contribution in [0.5, 0.6) is 5.75 Å². The van der Waals surface area contributed by atoms with E-state index in [-0.39, 0.29) is 17.9 Å². The predicted octanol–water partition coefficient (Wildman–Crippen LogP) is 3.58. The molecule has 7 heteroatoms. The van der Waals surface area contributed by atoms with Crippen LogP contribution in [-0.2, 0) is 20.7 Å². The molecule has 0 radical (unpaired) electrons.